The second kappa shape index (κ2) is 16.2. The normalized spacial score (nSPS) is 8.46. The van der Waals surface area contributed by atoms with E-state index < -0.39 is 0 Å². The summed E-state index contributed by atoms with van der Waals surface area (Å²) in [6.07, 6.45) is 2.61. The van der Waals surface area contributed by atoms with Crippen LogP contribution in [0.1, 0.15) is 19.8 Å². The quantitative estimate of drug-likeness (QED) is 0.268. The van der Waals surface area contributed by atoms with Crippen molar-refractivity contribution in [2.75, 3.05) is 0 Å². The summed E-state index contributed by atoms with van der Waals surface area (Å²) >= 11 is 1.56. The van der Waals surface area contributed by atoms with E-state index in [1.54, 1.807) is 24.2 Å². The van der Waals surface area contributed by atoms with Crippen molar-refractivity contribution in [3.05, 3.63) is 92.4 Å². The maximum Gasteiger partial charge on any atom is -0.0809 e. The van der Waals surface area contributed by atoms with Crippen LogP contribution in [0.2, 0.25) is 0 Å². The molecule has 0 saturated carbocycles. The minimum atomic E-state index is 0. The Hall–Kier alpha value is -1.01. The van der Waals surface area contributed by atoms with E-state index in [1.165, 1.54) is 34.4 Å². The van der Waals surface area contributed by atoms with Gasteiger partial charge in [-0.05, 0) is 0 Å². The molecule has 0 amide bonds. The zero-order valence-electron chi connectivity index (χ0n) is 15.4. The summed E-state index contributed by atoms with van der Waals surface area (Å²) in [6.45, 7) is 2.19. The molecule has 0 saturated heterocycles. The molecular formula is C23H27Cl2Zr-3. The van der Waals surface area contributed by atoms with Crippen LogP contribution < -0.4 is 0 Å². The first kappa shape index (κ1) is 27.2. The van der Waals surface area contributed by atoms with E-state index in [4.69, 9.17) is 0 Å². The van der Waals surface area contributed by atoms with Crippen molar-refractivity contribution in [3.63, 3.8) is 0 Å². The average molecular weight is 466 g/mol. The molecule has 0 bridgehead atoms. The van der Waals surface area contributed by atoms with E-state index in [2.05, 4.69) is 95.6 Å². The number of benzene rings is 2. The van der Waals surface area contributed by atoms with Gasteiger partial charge in [-0.15, -0.1) is 84.1 Å². The van der Waals surface area contributed by atoms with Crippen molar-refractivity contribution in [1.82, 2.24) is 0 Å². The monoisotopic (exact) mass is 463 g/mol. The molecule has 0 radical (unpaired) electrons. The third-order valence-electron chi connectivity index (χ3n) is 3.53. The average Bonchev–Trinajstić information content (AvgIpc) is 3.26. The molecule has 4 aromatic carbocycles. The third kappa shape index (κ3) is 9.08. The molecule has 0 unspecified atom stereocenters. The standard InChI is InChI=1S/2C9H7.C4H8.CH3.2ClH.Zr/c2*1-2-5-9-7-3-6-8(9)4-1;1-3-4-2;;;;/h2*1-7H;1H,3-4H2,2H3;1H3;2*1H;/q2*-1;;-1;;;. The Balaban J connectivity index is 0. The molecule has 26 heavy (non-hydrogen) atoms. The molecule has 0 nitrogen and oxygen atoms in total. The van der Waals surface area contributed by atoms with Crippen LogP contribution in [0, 0.1) is 7.43 Å². The van der Waals surface area contributed by atoms with Crippen LogP contribution in [0.3, 0.4) is 0 Å². The van der Waals surface area contributed by atoms with Crippen LogP contribution in [-0.4, -0.2) is 3.71 Å². The van der Waals surface area contributed by atoms with Gasteiger partial charge in [0.1, 0.15) is 0 Å². The van der Waals surface area contributed by atoms with E-state index in [1.807, 2.05) is 0 Å². The maximum absolute atomic E-state index is 2.27. The van der Waals surface area contributed by atoms with Gasteiger partial charge in [0.15, 0.2) is 0 Å². The Labute approximate surface area is 185 Å². The van der Waals surface area contributed by atoms with Crippen molar-refractivity contribution in [2.45, 2.75) is 19.8 Å². The fourth-order valence-corrected chi connectivity index (χ4v) is 2.99. The van der Waals surface area contributed by atoms with E-state index in [-0.39, 0.29) is 32.2 Å². The molecule has 0 spiro atoms. The number of hydrogen-bond acceptors (Lipinski definition) is 0. The molecule has 0 aliphatic rings. The van der Waals surface area contributed by atoms with Gasteiger partial charge >= 0.3 is 47.7 Å². The Morgan fingerprint density at radius 2 is 1.19 bits per heavy atom. The van der Waals surface area contributed by atoms with E-state index in [0.717, 1.165) is 0 Å². The summed E-state index contributed by atoms with van der Waals surface area (Å²) in [5.41, 5.74) is 0. The Bertz CT molecular complexity index is 704. The Morgan fingerprint density at radius 1 is 0.769 bits per heavy atom. The summed E-state index contributed by atoms with van der Waals surface area (Å²) in [7, 11) is 0. The van der Waals surface area contributed by atoms with E-state index in [0.29, 0.717) is 0 Å². The van der Waals surface area contributed by atoms with Crippen LogP contribution in [0.4, 0.5) is 0 Å². The molecule has 4 rings (SSSR count). The molecular weight excluding hydrogens is 438 g/mol. The number of fused-ring (bicyclic) bond motifs is 2. The van der Waals surface area contributed by atoms with Gasteiger partial charge in [-0.1, -0.05) is 12.1 Å². The fraction of sp³-hybridized carbons (Fsp3) is 0.130. The molecule has 4 aromatic rings. The van der Waals surface area contributed by atoms with Crippen LogP contribution in [-0.2, 0) is 24.2 Å². The molecule has 0 aliphatic heterocycles. The third-order valence-corrected chi connectivity index (χ3v) is 4.24. The molecule has 0 fully saturated rings. The SMILES string of the molecule is CCC[CH]=[Zr].Cl.Cl.[CH3-].c1ccc2[cH-]ccc2c1.c1ccc2[cH-]ccc2c1. The molecule has 0 heterocycles. The Kier molecular flexibility index (Phi) is 16.9. The summed E-state index contributed by atoms with van der Waals surface area (Å²) in [5, 5.41) is 5.32. The zero-order chi connectivity index (χ0) is 16.3. The van der Waals surface area contributed by atoms with Crippen molar-refractivity contribution in [2.24, 2.45) is 0 Å². The first-order valence-electron chi connectivity index (χ1n) is 8.05. The summed E-state index contributed by atoms with van der Waals surface area (Å²) in [4.78, 5) is 0. The Morgan fingerprint density at radius 3 is 1.50 bits per heavy atom. The van der Waals surface area contributed by atoms with Crippen molar-refractivity contribution < 1.29 is 24.2 Å². The van der Waals surface area contributed by atoms with Gasteiger partial charge in [0.05, 0.1) is 0 Å². The van der Waals surface area contributed by atoms with Crippen molar-refractivity contribution >= 4 is 50.1 Å². The molecule has 0 N–H and O–H groups in total. The van der Waals surface area contributed by atoms with Gasteiger partial charge in [-0.25, -0.2) is 0 Å². The van der Waals surface area contributed by atoms with Crippen molar-refractivity contribution in [1.29, 1.82) is 0 Å². The van der Waals surface area contributed by atoms with Crippen LogP contribution in [0.15, 0.2) is 84.9 Å². The van der Waals surface area contributed by atoms with E-state index in [9.17, 15) is 0 Å². The van der Waals surface area contributed by atoms with Crippen LogP contribution in [0.25, 0.3) is 21.5 Å². The van der Waals surface area contributed by atoms with E-state index >= 15 is 0 Å². The summed E-state index contributed by atoms with van der Waals surface area (Å²) in [6, 6.07) is 29.3. The predicted molar refractivity (Wildman–Crippen MR) is 121 cm³/mol. The number of rotatable bonds is 2. The summed E-state index contributed by atoms with van der Waals surface area (Å²) < 4.78 is 2.27. The van der Waals surface area contributed by atoms with Gasteiger partial charge in [-0.3, -0.25) is 0 Å². The molecule has 0 aromatic heterocycles. The number of halogens is 2. The second-order valence-corrected chi connectivity index (χ2v) is 6.31. The molecule has 140 valence electrons. The van der Waals surface area contributed by atoms with Gasteiger partial charge in [0, 0.05) is 0 Å². The molecule has 0 aliphatic carbocycles. The van der Waals surface area contributed by atoms with Gasteiger partial charge in [0.25, 0.3) is 0 Å². The zero-order valence-corrected chi connectivity index (χ0v) is 19.5. The smallest absolute Gasteiger partial charge is 0.0809 e. The second-order valence-electron chi connectivity index (χ2n) is 5.30. The topological polar surface area (TPSA) is 0 Å². The minimum Gasteiger partial charge on any atom is -0.358 e. The van der Waals surface area contributed by atoms with Crippen LogP contribution >= 0.6 is 24.8 Å². The largest absolute Gasteiger partial charge is 0.358 e. The first-order valence-corrected chi connectivity index (χ1v) is 9.47. The first-order chi connectivity index (χ1) is 11.3. The fourth-order valence-electron chi connectivity index (χ4n) is 2.28. The molecule has 0 atom stereocenters. The van der Waals surface area contributed by atoms with Gasteiger partial charge in [0.2, 0.25) is 0 Å². The van der Waals surface area contributed by atoms with Gasteiger partial charge < -0.3 is 7.43 Å². The van der Waals surface area contributed by atoms with Crippen LogP contribution in [0.5, 0.6) is 0 Å². The summed E-state index contributed by atoms with van der Waals surface area (Å²) in [5.74, 6) is 0. The predicted octanol–water partition coefficient (Wildman–Crippen LogP) is 7.55. The number of hydrogen-bond donors (Lipinski definition) is 0. The van der Waals surface area contributed by atoms with Gasteiger partial charge in [-0.2, -0.15) is 35.0 Å². The minimum absolute atomic E-state index is 0. The molecule has 3 heteroatoms. The number of unbranched alkanes of at least 4 members (excludes halogenated alkanes) is 1. The maximum atomic E-state index is 2.27. The van der Waals surface area contributed by atoms with Crippen molar-refractivity contribution in [3.8, 4) is 0 Å².